The highest BCUT2D eigenvalue weighted by Gasteiger charge is 2.09. The molecule has 3 N–H and O–H groups in total. The molecule has 1 aromatic rings. The first-order valence-corrected chi connectivity index (χ1v) is 6.22. The highest BCUT2D eigenvalue weighted by atomic mass is 16.5. The van der Waals surface area contributed by atoms with Crippen LogP contribution < -0.4 is 11.1 Å². The van der Waals surface area contributed by atoms with Crippen LogP contribution in [0.1, 0.15) is 17.2 Å². The molecule has 2 unspecified atom stereocenters. The summed E-state index contributed by atoms with van der Waals surface area (Å²) >= 11 is 0. The van der Waals surface area contributed by atoms with Gasteiger partial charge in [0.25, 0.3) is 0 Å². The van der Waals surface area contributed by atoms with Crippen LogP contribution in [0.2, 0.25) is 0 Å². The molecule has 1 rings (SSSR count). The summed E-state index contributed by atoms with van der Waals surface area (Å²) in [5.74, 6) is 0. The minimum Gasteiger partial charge on any atom is -0.382 e. The van der Waals surface area contributed by atoms with Crippen molar-refractivity contribution in [3.8, 4) is 0 Å². The molecule has 0 radical (unpaired) electrons. The van der Waals surface area contributed by atoms with E-state index in [1.165, 1.54) is 5.56 Å². The van der Waals surface area contributed by atoms with Crippen LogP contribution in [0.25, 0.3) is 0 Å². The van der Waals surface area contributed by atoms with Crippen molar-refractivity contribution >= 4 is 0 Å². The third kappa shape index (κ3) is 5.14. The second-order valence-electron chi connectivity index (χ2n) is 4.49. The van der Waals surface area contributed by atoms with Crippen molar-refractivity contribution < 1.29 is 9.47 Å². The highest BCUT2D eigenvalue weighted by molar-refractivity contribution is 5.23. The van der Waals surface area contributed by atoms with Gasteiger partial charge in [-0.1, -0.05) is 29.8 Å². The summed E-state index contributed by atoms with van der Waals surface area (Å²) in [6, 6.07) is 8.32. The molecule has 4 nitrogen and oxygen atoms in total. The Morgan fingerprint density at radius 1 is 1.17 bits per heavy atom. The normalized spacial score (nSPS) is 14.4. The molecule has 4 heteroatoms. The molecule has 0 aliphatic rings. The summed E-state index contributed by atoms with van der Waals surface area (Å²) in [5, 5.41) is 3.30. The van der Waals surface area contributed by atoms with Crippen molar-refractivity contribution in [2.24, 2.45) is 5.73 Å². The number of benzene rings is 1. The fourth-order valence-corrected chi connectivity index (χ4v) is 1.73. The minimum absolute atomic E-state index is 0.00523. The van der Waals surface area contributed by atoms with Gasteiger partial charge in [0.1, 0.15) is 0 Å². The Hall–Kier alpha value is -0.940. The van der Waals surface area contributed by atoms with Crippen LogP contribution in [-0.4, -0.2) is 40.0 Å². The van der Waals surface area contributed by atoms with E-state index in [4.69, 9.17) is 15.2 Å². The maximum Gasteiger partial charge on any atom is 0.0928 e. The molecule has 18 heavy (non-hydrogen) atoms. The van der Waals surface area contributed by atoms with E-state index < -0.39 is 0 Å². The summed E-state index contributed by atoms with van der Waals surface area (Å²) in [4.78, 5) is 0. The Balaban J connectivity index is 2.32. The number of rotatable bonds is 8. The molecule has 0 saturated heterocycles. The van der Waals surface area contributed by atoms with Crippen LogP contribution in [0.5, 0.6) is 0 Å². The molecule has 0 amide bonds. The van der Waals surface area contributed by atoms with Gasteiger partial charge in [-0.3, -0.25) is 0 Å². The van der Waals surface area contributed by atoms with E-state index in [9.17, 15) is 0 Å². The molecule has 0 aliphatic heterocycles. The molecular weight excluding hydrogens is 228 g/mol. The zero-order chi connectivity index (χ0) is 13.4. The predicted molar refractivity (Wildman–Crippen MR) is 73.7 cm³/mol. The second kappa shape index (κ2) is 8.21. The van der Waals surface area contributed by atoms with Crippen LogP contribution in [-0.2, 0) is 9.47 Å². The molecule has 2 atom stereocenters. The number of ether oxygens (including phenoxy) is 2. The third-order valence-electron chi connectivity index (χ3n) is 2.93. The van der Waals surface area contributed by atoms with Crippen molar-refractivity contribution in [2.45, 2.75) is 19.1 Å². The van der Waals surface area contributed by atoms with Crippen molar-refractivity contribution in [2.75, 3.05) is 33.9 Å². The number of methoxy groups -OCH3 is 2. The molecule has 102 valence electrons. The first-order valence-electron chi connectivity index (χ1n) is 6.22. The summed E-state index contributed by atoms with van der Waals surface area (Å²) in [5.41, 5.74) is 8.51. The quantitative estimate of drug-likeness (QED) is 0.731. The Morgan fingerprint density at radius 3 is 2.39 bits per heavy atom. The zero-order valence-electron chi connectivity index (χ0n) is 11.5. The zero-order valence-corrected chi connectivity index (χ0v) is 11.5. The molecule has 0 saturated carbocycles. The van der Waals surface area contributed by atoms with Gasteiger partial charge in [0.2, 0.25) is 0 Å². The van der Waals surface area contributed by atoms with Gasteiger partial charge in [-0.25, -0.2) is 0 Å². The SMILES string of the molecule is COCC(CNCC(N)c1ccc(C)cc1)OC. The van der Waals surface area contributed by atoms with E-state index in [1.54, 1.807) is 14.2 Å². The molecule has 0 spiro atoms. The Kier molecular flexibility index (Phi) is 6.90. The summed E-state index contributed by atoms with van der Waals surface area (Å²) in [7, 11) is 3.36. The lowest BCUT2D eigenvalue weighted by molar-refractivity contribution is 0.0289. The van der Waals surface area contributed by atoms with Gasteiger partial charge in [0.05, 0.1) is 12.7 Å². The van der Waals surface area contributed by atoms with Gasteiger partial charge in [-0.15, -0.1) is 0 Å². The van der Waals surface area contributed by atoms with Crippen molar-refractivity contribution in [1.29, 1.82) is 0 Å². The predicted octanol–water partition coefficient (Wildman–Crippen LogP) is 1.25. The first kappa shape index (κ1) is 15.1. The van der Waals surface area contributed by atoms with Gasteiger partial charge in [-0.05, 0) is 12.5 Å². The van der Waals surface area contributed by atoms with Crippen LogP contribution in [0.3, 0.4) is 0 Å². The van der Waals surface area contributed by atoms with E-state index in [1.807, 2.05) is 0 Å². The van der Waals surface area contributed by atoms with Crippen LogP contribution in [0, 0.1) is 6.92 Å². The van der Waals surface area contributed by atoms with Gasteiger partial charge < -0.3 is 20.5 Å². The lowest BCUT2D eigenvalue weighted by atomic mass is 10.1. The lowest BCUT2D eigenvalue weighted by Crippen LogP contribution is -2.35. The van der Waals surface area contributed by atoms with Gasteiger partial charge in [0.15, 0.2) is 0 Å². The molecule has 0 bridgehead atoms. The van der Waals surface area contributed by atoms with Crippen LogP contribution in [0.15, 0.2) is 24.3 Å². The smallest absolute Gasteiger partial charge is 0.0928 e. The standard InChI is InChI=1S/C14H24N2O2/c1-11-4-6-12(7-5-11)14(15)9-16-8-13(18-3)10-17-2/h4-7,13-14,16H,8-10,15H2,1-3H3. The largest absolute Gasteiger partial charge is 0.382 e. The Morgan fingerprint density at radius 2 is 1.83 bits per heavy atom. The van der Waals surface area contributed by atoms with Crippen LogP contribution in [0.4, 0.5) is 0 Å². The highest BCUT2D eigenvalue weighted by Crippen LogP contribution is 2.10. The Labute approximate surface area is 109 Å². The molecular formula is C14H24N2O2. The number of nitrogens with two attached hydrogens (primary N) is 1. The van der Waals surface area contributed by atoms with Crippen molar-refractivity contribution in [3.05, 3.63) is 35.4 Å². The Bertz CT molecular complexity index is 327. The monoisotopic (exact) mass is 252 g/mol. The van der Waals surface area contributed by atoms with E-state index in [0.29, 0.717) is 6.61 Å². The minimum atomic E-state index is 0.00523. The fraction of sp³-hybridized carbons (Fsp3) is 0.571. The van der Waals surface area contributed by atoms with Gasteiger partial charge in [-0.2, -0.15) is 0 Å². The maximum atomic E-state index is 6.11. The summed E-state index contributed by atoms with van der Waals surface area (Å²) in [6.45, 7) is 4.13. The van der Waals surface area contributed by atoms with Gasteiger partial charge in [0, 0.05) is 33.4 Å². The fourth-order valence-electron chi connectivity index (χ4n) is 1.73. The van der Waals surface area contributed by atoms with Crippen LogP contribution >= 0.6 is 0 Å². The maximum absolute atomic E-state index is 6.11. The van der Waals surface area contributed by atoms with E-state index in [-0.39, 0.29) is 12.1 Å². The average molecular weight is 252 g/mol. The number of nitrogens with one attached hydrogen (secondary N) is 1. The lowest BCUT2D eigenvalue weighted by Gasteiger charge is -2.18. The summed E-state index contributed by atoms with van der Waals surface area (Å²) < 4.78 is 10.3. The molecule has 0 heterocycles. The third-order valence-corrected chi connectivity index (χ3v) is 2.93. The number of hydrogen-bond donors (Lipinski definition) is 2. The number of aryl methyl sites for hydroxylation is 1. The summed E-state index contributed by atoms with van der Waals surface area (Å²) in [6.07, 6.45) is 0.0696. The van der Waals surface area contributed by atoms with E-state index in [2.05, 4.69) is 36.5 Å². The van der Waals surface area contributed by atoms with E-state index in [0.717, 1.165) is 18.7 Å². The topological polar surface area (TPSA) is 56.5 Å². The molecule has 0 aromatic heterocycles. The van der Waals surface area contributed by atoms with Gasteiger partial charge >= 0.3 is 0 Å². The molecule has 1 aromatic carbocycles. The molecule has 0 aliphatic carbocycles. The van der Waals surface area contributed by atoms with Crippen molar-refractivity contribution in [3.63, 3.8) is 0 Å². The van der Waals surface area contributed by atoms with Crippen molar-refractivity contribution in [1.82, 2.24) is 5.32 Å². The number of hydrogen-bond acceptors (Lipinski definition) is 4. The first-order chi connectivity index (χ1) is 8.67. The second-order valence-corrected chi connectivity index (χ2v) is 4.49. The molecule has 0 fully saturated rings. The average Bonchev–Trinajstić information content (AvgIpc) is 2.38. The van der Waals surface area contributed by atoms with E-state index >= 15 is 0 Å².